The topological polar surface area (TPSA) is 4.93 Å². The van der Waals surface area contributed by atoms with E-state index in [1.54, 1.807) is 0 Å². The van der Waals surface area contributed by atoms with Crippen molar-refractivity contribution >= 4 is 32.6 Å². The van der Waals surface area contributed by atoms with Gasteiger partial charge in [0.2, 0.25) is 0 Å². The molecular weight excluding hydrogens is 494 g/mol. The molecule has 0 atom stereocenters. The zero-order chi connectivity index (χ0) is 26.9. The summed E-state index contributed by atoms with van der Waals surface area (Å²) in [5, 5.41) is 5.28. The summed E-state index contributed by atoms with van der Waals surface area (Å²) in [6, 6.07) is 55.5. The average molecular weight is 520 g/mol. The molecule has 1 nitrogen and oxygen atoms in total. The van der Waals surface area contributed by atoms with Crippen molar-refractivity contribution in [2.75, 3.05) is 0 Å². The van der Waals surface area contributed by atoms with Crippen LogP contribution in [0.25, 0.3) is 82.8 Å². The van der Waals surface area contributed by atoms with Crippen LogP contribution in [0, 0.1) is 0 Å². The summed E-state index contributed by atoms with van der Waals surface area (Å²) in [6.45, 7) is 0. The quantitative estimate of drug-likeness (QED) is 0.219. The number of hydrogen-bond donors (Lipinski definition) is 0. The fourth-order valence-corrected chi connectivity index (χ4v) is 6.93. The van der Waals surface area contributed by atoms with E-state index in [0.29, 0.717) is 0 Å². The van der Waals surface area contributed by atoms with E-state index in [9.17, 15) is 0 Å². The van der Waals surface area contributed by atoms with Crippen LogP contribution in [-0.2, 0) is 0 Å². The maximum Gasteiger partial charge on any atom is 0.0548 e. The molecule has 1 heteroatoms. The predicted molar refractivity (Wildman–Crippen MR) is 174 cm³/mol. The lowest BCUT2D eigenvalue weighted by atomic mass is 9.90. The van der Waals surface area contributed by atoms with E-state index in [1.807, 2.05) is 0 Å². The smallest absolute Gasteiger partial charge is 0.0548 e. The van der Waals surface area contributed by atoms with Crippen LogP contribution >= 0.6 is 0 Å². The van der Waals surface area contributed by atoms with Crippen molar-refractivity contribution in [3.63, 3.8) is 0 Å². The molecule has 0 unspecified atom stereocenters. The van der Waals surface area contributed by atoms with Crippen LogP contribution < -0.4 is 0 Å². The molecule has 1 heterocycles. The largest absolute Gasteiger partial charge is 0.309 e. The van der Waals surface area contributed by atoms with Gasteiger partial charge in [0.05, 0.1) is 11.0 Å². The summed E-state index contributed by atoms with van der Waals surface area (Å²) in [4.78, 5) is 0. The van der Waals surface area contributed by atoms with Gasteiger partial charge in [-0.2, -0.15) is 0 Å². The number of benzene rings is 7. The summed E-state index contributed by atoms with van der Waals surface area (Å²) < 4.78 is 2.46. The van der Waals surface area contributed by atoms with Crippen molar-refractivity contribution in [2.24, 2.45) is 0 Å². The highest BCUT2D eigenvalue weighted by Crippen LogP contribution is 2.50. The molecule has 190 valence electrons. The summed E-state index contributed by atoms with van der Waals surface area (Å²) in [5.41, 5.74) is 13.8. The second-order valence-electron chi connectivity index (χ2n) is 10.9. The second kappa shape index (κ2) is 8.55. The fourth-order valence-electron chi connectivity index (χ4n) is 6.93. The van der Waals surface area contributed by atoms with Crippen LogP contribution in [0.1, 0.15) is 0 Å². The molecule has 0 N–H and O–H groups in total. The molecule has 0 saturated carbocycles. The molecule has 9 rings (SSSR count). The standard InChI is InChI=1S/C40H25N/c1-3-11-26(12-4-1)28-15-9-16-31(24-28)41-36-20-10-19-34-32-17-7-8-18-33(32)35-25-30(27-13-5-2-6-14-27)23-29-21-22-37(41)40(38(29)35)39(34)36/h1-25H. The lowest BCUT2D eigenvalue weighted by Gasteiger charge is -2.15. The minimum Gasteiger partial charge on any atom is -0.309 e. The molecule has 1 aromatic heterocycles. The van der Waals surface area contributed by atoms with Gasteiger partial charge in [0, 0.05) is 16.5 Å². The molecule has 1 aliphatic carbocycles. The Labute approximate surface area is 238 Å². The van der Waals surface area contributed by atoms with Crippen molar-refractivity contribution in [3.8, 4) is 50.2 Å². The lowest BCUT2D eigenvalue weighted by molar-refractivity contribution is 1.18. The molecule has 0 aliphatic heterocycles. The van der Waals surface area contributed by atoms with Gasteiger partial charge in [-0.15, -0.1) is 0 Å². The molecule has 8 aromatic rings. The number of hydrogen-bond acceptors (Lipinski definition) is 0. The van der Waals surface area contributed by atoms with Crippen molar-refractivity contribution in [1.82, 2.24) is 4.57 Å². The van der Waals surface area contributed by atoms with E-state index in [2.05, 4.69) is 156 Å². The molecule has 0 saturated heterocycles. The van der Waals surface area contributed by atoms with Crippen molar-refractivity contribution in [3.05, 3.63) is 152 Å². The van der Waals surface area contributed by atoms with Gasteiger partial charge in [0.15, 0.2) is 0 Å². The van der Waals surface area contributed by atoms with Crippen LogP contribution in [0.4, 0.5) is 0 Å². The first-order valence-electron chi connectivity index (χ1n) is 14.2. The zero-order valence-electron chi connectivity index (χ0n) is 22.4. The summed E-state index contributed by atoms with van der Waals surface area (Å²) in [6.07, 6.45) is 0. The normalized spacial score (nSPS) is 11.9. The molecule has 0 radical (unpaired) electrons. The van der Waals surface area contributed by atoms with Gasteiger partial charge in [-0.25, -0.2) is 0 Å². The summed E-state index contributed by atoms with van der Waals surface area (Å²) in [7, 11) is 0. The molecule has 0 fully saturated rings. The highest BCUT2D eigenvalue weighted by Gasteiger charge is 2.25. The number of nitrogens with zero attached hydrogens (tertiary/aromatic N) is 1. The van der Waals surface area contributed by atoms with Crippen molar-refractivity contribution in [1.29, 1.82) is 0 Å². The van der Waals surface area contributed by atoms with Gasteiger partial charge < -0.3 is 4.57 Å². The van der Waals surface area contributed by atoms with Crippen LogP contribution in [-0.4, -0.2) is 4.57 Å². The Morgan fingerprint density at radius 3 is 1.71 bits per heavy atom. The minimum atomic E-state index is 1.18. The zero-order valence-corrected chi connectivity index (χ0v) is 22.4. The Morgan fingerprint density at radius 2 is 0.927 bits per heavy atom. The maximum atomic E-state index is 2.46. The first kappa shape index (κ1) is 22.4. The Bertz CT molecular complexity index is 2290. The van der Waals surface area contributed by atoms with E-state index < -0.39 is 0 Å². The Morgan fingerprint density at radius 1 is 0.317 bits per heavy atom. The second-order valence-corrected chi connectivity index (χ2v) is 10.9. The SMILES string of the molecule is c1ccc(-c2cccc(-n3c4cccc5c4c4c6c(cc(-c7ccccc7)cc6ccc43)-c3ccccc3-5)c2)cc1. The van der Waals surface area contributed by atoms with E-state index in [-0.39, 0.29) is 0 Å². The number of rotatable bonds is 3. The first-order valence-corrected chi connectivity index (χ1v) is 14.2. The third kappa shape index (κ3) is 3.24. The first-order chi connectivity index (χ1) is 20.3. The van der Waals surface area contributed by atoms with Gasteiger partial charge in [0.25, 0.3) is 0 Å². The molecule has 0 bridgehead atoms. The monoisotopic (exact) mass is 519 g/mol. The number of fused-ring (bicyclic) bond motifs is 3. The number of aromatic nitrogens is 1. The Hall–Kier alpha value is -5.40. The van der Waals surface area contributed by atoms with Crippen LogP contribution in [0.15, 0.2) is 152 Å². The lowest BCUT2D eigenvalue weighted by Crippen LogP contribution is -1.95. The molecule has 7 aromatic carbocycles. The van der Waals surface area contributed by atoms with E-state index in [4.69, 9.17) is 0 Å². The van der Waals surface area contributed by atoms with Crippen molar-refractivity contribution in [2.45, 2.75) is 0 Å². The Balaban J connectivity index is 1.43. The maximum absolute atomic E-state index is 2.46. The van der Waals surface area contributed by atoms with E-state index >= 15 is 0 Å². The van der Waals surface area contributed by atoms with Gasteiger partial charge in [-0.3, -0.25) is 0 Å². The minimum absolute atomic E-state index is 1.18. The van der Waals surface area contributed by atoms with Gasteiger partial charge in [-0.1, -0.05) is 115 Å². The molecule has 0 spiro atoms. The van der Waals surface area contributed by atoms with Crippen LogP contribution in [0.5, 0.6) is 0 Å². The van der Waals surface area contributed by atoms with Crippen LogP contribution in [0.2, 0.25) is 0 Å². The highest BCUT2D eigenvalue weighted by molar-refractivity contribution is 6.30. The fraction of sp³-hybridized carbons (Fsp3) is 0. The molecule has 41 heavy (non-hydrogen) atoms. The van der Waals surface area contributed by atoms with E-state index in [1.165, 1.54) is 82.8 Å². The predicted octanol–water partition coefficient (Wildman–Crippen LogP) is 10.9. The van der Waals surface area contributed by atoms with Gasteiger partial charge >= 0.3 is 0 Å². The van der Waals surface area contributed by atoms with Crippen molar-refractivity contribution < 1.29 is 0 Å². The molecular formula is C40H25N. The Kier molecular flexibility index (Phi) is 4.67. The third-order valence-corrected chi connectivity index (χ3v) is 8.70. The summed E-state index contributed by atoms with van der Waals surface area (Å²) in [5.74, 6) is 0. The van der Waals surface area contributed by atoms with Gasteiger partial charge in [0.1, 0.15) is 0 Å². The van der Waals surface area contributed by atoms with E-state index in [0.717, 1.165) is 0 Å². The average Bonchev–Trinajstić information content (AvgIpc) is 3.33. The molecule has 1 aliphatic rings. The third-order valence-electron chi connectivity index (χ3n) is 8.70. The summed E-state index contributed by atoms with van der Waals surface area (Å²) >= 11 is 0. The molecule has 0 amide bonds. The van der Waals surface area contributed by atoms with Crippen LogP contribution in [0.3, 0.4) is 0 Å². The highest BCUT2D eigenvalue weighted by atomic mass is 15.0. The van der Waals surface area contributed by atoms with Gasteiger partial charge in [-0.05, 0) is 91.7 Å².